The highest BCUT2D eigenvalue weighted by Gasteiger charge is 2.10. The van der Waals surface area contributed by atoms with Crippen molar-refractivity contribution in [3.8, 4) is 0 Å². The Kier molecular flexibility index (Phi) is 4.25. The molecule has 1 aromatic rings. The number of rotatable bonds is 5. The monoisotopic (exact) mass is 226 g/mol. The number of carbonyl (C=O) groups excluding carboxylic acids is 1. The fourth-order valence-electron chi connectivity index (χ4n) is 1.10. The summed E-state index contributed by atoms with van der Waals surface area (Å²) in [4.78, 5) is 11.4. The van der Waals surface area contributed by atoms with E-state index in [1.54, 1.807) is 0 Å². The van der Waals surface area contributed by atoms with Crippen LogP contribution in [0.4, 0.5) is 0 Å². The number of ketones is 1. The molecule has 0 unspecified atom stereocenters. The van der Waals surface area contributed by atoms with Crippen molar-refractivity contribution in [1.82, 2.24) is 0 Å². The maximum Gasteiger partial charge on any atom is 0.197 e. The molecule has 0 aromatic heterocycles. The van der Waals surface area contributed by atoms with Crippen molar-refractivity contribution in [1.29, 1.82) is 0 Å². The van der Waals surface area contributed by atoms with E-state index >= 15 is 0 Å². The highest BCUT2D eigenvalue weighted by Crippen LogP contribution is 2.36. The van der Waals surface area contributed by atoms with Crippen LogP contribution in [0.3, 0.4) is 0 Å². The highest BCUT2D eigenvalue weighted by atomic mass is 31.2. The maximum absolute atomic E-state index is 11.4. The van der Waals surface area contributed by atoms with Crippen LogP contribution in [0, 0.1) is 0 Å². The van der Waals surface area contributed by atoms with E-state index in [2.05, 4.69) is 0 Å². The van der Waals surface area contributed by atoms with Gasteiger partial charge in [-0.15, -0.1) is 0 Å². The molecule has 0 aliphatic rings. The van der Waals surface area contributed by atoms with Crippen LogP contribution in [0.15, 0.2) is 30.3 Å². The van der Waals surface area contributed by atoms with Crippen molar-refractivity contribution >= 4 is 13.2 Å². The second kappa shape index (κ2) is 5.24. The topological polar surface area (TPSA) is 43.4 Å². The van der Waals surface area contributed by atoms with Gasteiger partial charge in [-0.05, 0) is 5.56 Å². The molecule has 0 radical (unpaired) electrons. The Morgan fingerprint density at radius 3 is 2.40 bits per heavy atom. The summed E-state index contributed by atoms with van der Waals surface area (Å²) in [5.41, 5.74) is 0.952. The van der Waals surface area contributed by atoms with Gasteiger partial charge in [-0.3, -0.25) is 9.36 Å². The molecule has 0 N–H and O–H groups in total. The molecule has 82 valence electrons. The summed E-state index contributed by atoms with van der Waals surface area (Å²) in [6, 6.07) is 9.43. The first-order valence-electron chi connectivity index (χ1n) is 4.72. The fraction of sp³-hybridized carbons (Fsp3) is 0.364. The van der Waals surface area contributed by atoms with E-state index in [-0.39, 0.29) is 12.4 Å². The van der Waals surface area contributed by atoms with Crippen molar-refractivity contribution in [3.63, 3.8) is 0 Å². The lowest BCUT2D eigenvalue weighted by Gasteiger charge is -2.07. The molecule has 0 heterocycles. The van der Waals surface area contributed by atoms with E-state index in [1.807, 2.05) is 30.3 Å². The first-order chi connectivity index (χ1) is 6.97. The summed E-state index contributed by atoms with van der Waals surface area (Å²) in [6.45, 7) is 2.94. The molecule has 0 atom stereocenters. The van der Waals surface area contributed by atoms with Gasteiger partial charge < -0.3 is 4.52 Å². The van der Waals surface area contributed by atoms with Gasteiger partial charge in [-0.2, -0.15) is 0 Å². The van der Waals surface area contributed by atoms with Crippen molar-refractivity contribution in [3.05, 3.63) is 35.9 Å². The van der Waals surface area contributed by atoms with E-state index in [1.165, 1.54) is 13.3 Å². The largest absolute Gasteiger partial charge is 0.321 e. The molecule has 4 heteroatoms. The molecule has 0 aliphatic heterocycles. The van der Waals surface area contributed by atoms with E-state index in [0.29, 0.717) is 6.42 Å². The zero-order chi connectivity index (χ0) is 11.3. The van der Waals surface area contributed by atoms with Crippen LogP contribution in [-0.4, -0.2) is 25.7 Å². The average molecular weight is 226 g/mol. The first kappa shape index (κ1) is 12.2. The van der Waals surface area contributed by atoms with Gasteiger partial charge in [-0.25, -0.2) is 0 Å². The Bertz CT molecular complexity index is 367. The minimum Gasteiger partial charge on any atom is -0.321 e. The molecule has 0 saturated heterocycles. The molecule has 0 amide bonds. The van der Waals surface area contributed by atoms with Crippen LogP contribution in [0.5, 0.6) is 0 Å². The molecule has 0 fully saturated rings. The van der Waals surface area contributed by atoms with Crippen molar-refractivity contribution in [2.24, 2.45) is 0 Å². The summed E-state index contributed by atoms with van der Waals surface area (Å²) in [5.74, 6) is -0.0508. The molecule has 0 aliphatic carbocycles. The lowest BCUT2D eigenvalue weighted by atomic mass is 10.1. The third kappa shape index (κ3) is 5.50. The first-order valence-corrected chi connectivity index (χ1v) is 7.24. The van der Waals surface area contributed by atoms with Crippen LogP contribution in [0.1, 0.15) is 5.56 Å². The van der Waals surface area contributed by atoms with Crippen LogP contribution in [0.25, 0.3) is 0 Å². The Labute approximate surface area is 89.9 Å². The molecular formula is C11H15O3P. The summed E-state index contributed by atoms with van der Waals surface area (Å²) >= 11 is 0. The molecule has 1 aromatic carbocycles. The third-order valence-electron chi connectivity index (χ3n) is 1.78. The zero-order valence-electron chi connectivity index (χ0n) is 8.97. The molecular weight excluding hydrogens is 211 g/mol. The number of Topliss-reactive ketones (excluding diaryl/α,β-unsaturated/α-hetero) is 1. The van der Waals surface area contributed by atoms with Crippen molar-refractivity contribution in [2.45, 2.75) is 6.42 Å². The van der Waals surface area contributed by atoms with E-state index < -0.39 is 7.37 Å². The van der Waals surface area contributed by atoms with Crippen LogP contribution < -0.4 is 0 Å². The van der Waals surface area contributed by atoms with E-state index in [9.17, 15) is 9.36 Å². The van der Waals surface area contributed by atoms with Crippen LogP contribution >= 0.6 is 7.37 Å². The van der Waals surface area contributed by atoms with Crippen molar-refractivity contribution < 1.29 is 13.9 Å². The number of hydrogen-bond donors (Lipinski definition) is 0. The summed E-state index contributed by atoms with van der Waals surface area (Å²) in [7, 11) is -2.55. The Hall–Kier alpha value is -0.920. The Morgan fingerprint density at radius 2 is 1.87 bits per heavy atom. The lowest BCUT2D eigenvalue weighted by molar-refractivity contribution is -0.120. The predicted molar refractivity (Wildman–Crippen MR) is 60.6 cm³/mol. The third-order valence-corrected chi connectivity index (χ3v) is 2.53. The lowest BCUT2D eigenvalue weighted by Crippen LogP contribution is -2.10. The van der Waals surface area contributed by atoms with E-state index in [0.717, 1.165) is 5.56 Å². The predicted octanol–water partition coefficient (Wildman–Crippen LogP) is 2.35. The molecule has 0 spiro atoms. The van der Waals surface area contributed by atoms with Gasteiger partial charge in [-0.1, -0.05) is 30.3 Å². The van der Waals surface area contributed by atoms with Crippen LogP contribution in [-0.2, 0) is 20.3 Å². The van der Waals surface area contributed by atoms with Gasteiger partial charge in [0.15, 0.2) is 13.2 Å². The van der Waals surface area contributed by atoms with E-state index in [4.69, 9.17) is 4.52 Å². The normalized spacial score (nSPS) is 11.3. The highest BCUT2D eigenvalue weighted by molar-refractivity contribution is 7.57. The number of hydrogen-bond acceptors (Lipinski definition) is 3. The van der Waals surface area contributed by atoms with Gasteiger partial charge >= 0.3 is 0 Å². The number of benzene rings is 1. The molecule has 1 rings (SSSR count). The molecule has 15 heavy (non-hydrogen) atoms. The summed E-state index contributed by atoms with van der Waals surface area (Å²) in [5, 5.41) is 0. The number of carbonyl (C=O) groups is 1. The average Bonchev–Trinajstić information content (AvgIpc) is 2.15. The molecule has 0 bridgehead atoms. The minimum absolute atomic E-state index is 0.0508. The smallest absolute Gasteiger partial charge is 0.197 e. The second-order valence-corrected chi connectivity index (χ2v) is 6.49. The van der Waals surface area contributed by atoms with Crippen LogP contribution in [0.2, 0.25) is 0 Å². The van der Waals surface area contributed by atoms with Gasteiger partial charge in [0.05, 0.1) is 0 Å². The standard InChI is InChI=1S/C11H15O3P/c1-15(2,13)14-9-11(12)8-10-6-4-3-5-7-10/h3-7H,8-9H2,1-2H3. The van der Waals surface area contributed by atoms with Crippen molar-refractivity contribution in [2.75, 3.05) is 19.9 Å². The summed E-state index contributed by atoms with van der Waals surface area (Å²) in [6.07, 6.45) is 0.334. The van der Waals surface area contributed by atoms with Gasteiger partial charge in [0.25, 0.3) is 0 Å². The fourth-order valence-corrected chi connectivity index (χ4v) is 1.56. The Morgan fingerprint density at radius 1 is 1.27 bits per heavy atom. The maximum atomic E-state index is 11.4. The minimum atomic E-state index is -2.55. The van der Waals surface area contributed by atoms with Gasteiger partial charge in [0.2, 0.25) is 0 Å². The molecule has 0 saturated carbocycles. The second-order valence-electron chi connectivity index (χ2n) is 3.73. The molecule has 3 nitrogen and oxygen atoms in total. The quantitative estimate of drug-likeness (QED) is 0.724. The van der Waals surface area contributed by atoms with Gasteiger partial charge in [0.1, 0.15) is 6.61 Å². The summed E-state index contributed by atoms with van der Waals surface area (Å²) < 4.78 is 16.2. The Balaban J connectivity index is 2.41. The SMILES string of the molecule is CP(C)(=O)OCC(=O)Cc1ccccc1. The zero-order valence-corrected chi connectivity index (χ0v) is 9.87. The van der Waals surface area contributed by atoms with Gasteiger partial charge in [0, 0.05) is 19.8 Å².